The highest BCUT2D eigenvalue weighted by Gasteiger charge is 2.20. The second-order valence-corrected chi connectivity index (χ2v) is 7.91. The molecule has 0 amide bonds. The summed E-state index contributed by atoms with van der Waals surface area (Å²) >= 11 is 1.36. The molecule has 1 atom stereocenters. The van der Waals surface area contributed by atoms with Gasteiger partial charge in [-0.1, -0.05) is 17.7 Å². The minimum atomic E-state index is -0.321. The fourth-order valence-corrected chi connectivity index (χ4v) is 3.93. The molecule has 0 fully saturated rings. The van der Waals surface area contributed by atoms with E-state index >= 15 is 0 Å². The molecule has 8 heteroatoms. The first-order chi connectivity index (χ1) is 14.4. The standard InChI is InChI=1S/C22H32N4O3S/c1-7-23-22(24-12-11-17-13-14(3)9-10-18(17)28-6)26-16(5)20-25-15(4)19(30-20)21(27)29-8-2/h9-10,13,16H,7-8,11-12H2,1-6H3,(H2,23,24,26). The summed E-state index contributed by atoms with van der Waals surface area (Å²) < 4.78 is 10.6. The monoisotopic (exact) mass is 432 g/mol. The minimum Gasteiger partial charge on any atom is -0.496 e. The molecule has 0 aliphatic rings. The Morgan fingerprint density at radius 3 is 2.73 bits per heavy atom. The lowest BCUT2D eigenvalue weighted by Crippen LogP contribution is -2.38. The van der Waals surface area contributed by atoms with Gasteiger partial charge in [0.05, 0.1) is 25.5 Å². The van der Waals surface area contributed by atoms with E-state index in [9.17, 15) is 4.79 Å². The summed E-state index contributed by atoms with van der Waals surface area (Å²) in [7, 11) is 1.69. The van der Waals surface area contributed by atoms with Gasteiger partial charge in [0.25, 0.3) is 0 Å². The van der Waals surface area contributed by atoms with Crippen molar-refractivity contribution >= 4 is 23.3 Å². The second-order valence-electron chi connectivity index (χ2n) is 6.88. The summed E-state index contributed by atoms with van der Waals surface area (Å²) in [6, 6.07) is 6.07. The van der Waals surface area contributed by atoms with Crippen LogP contribution in [0, 0.1) is 13.8 Å². The van der Waals surface area contributed by atoms with Crippen LogP contribution in [0.4, 0.5) is 0 Å². The molecule has 2 rings (SSSR count). The van der Waals surface area contributed by atoms with Crippen molar-refractivity contribution in [2.75, 3.05) is 26.8 Å². The largest absolute Gasteiger partial charge is 0.496 e. The van der Waals surface area contributed by atoms with E-state index in [0.717, 1.165) is 29.3 Å². The molecule has 7 nitrogen and oxygen atoms in total. The van der Waals surface area contributed by atoms with Crippen molar-refractivity contribution in [3.63, 3.8) is 0 Å². The number of guanidine groups is 1. The third kappa shape index (κ3) is 6.45. The number of aromatic nitrogens is 1. The van der Waals surface area contributed by atoms with E-state index in [0.29, 0.717) is 29.7 Å². The molecule has 0 saturated heterocycles. The van der Waals surface area contributed by atoms with Crippen LogP contribution in [-0.4, -0.2) is 43.7 Å². The number of rotatable bonds is 9. The van der Waals surface area contributed by atoms with E-state index in [1.54, 1.807) is 14.0 Å². The summed E-state index contributed by atoms with van der Waals surface area (Å²) in [4.78, 5) is 21.9. The predicted molar refractivity (Wildman–Crippen MR) is 122 cm³/mol. The quantitative estimate of drug-likeness (QED) is 0.356. The van der Waals surface area contributed by atoms with E-state index in [2.05, 4.69) is 28.6 Å². The molecule has 1 unspecified atom stereocenters. The highest BCUT2D eigenvalue weighted by atomic mass is 32.1. The Hall–Kier alpha value is -2.61. The summed E-state index contributed by atoms with van der Waals surface area (Å²) in [6.07, 6.45) is 0.777. The maximum atomic E-state index is 12.1. The van der Waals surface area contributed by atoms with Crippen molar-refractivity contribution in [3.05, 3.63) is 44.9 Å². The summed E-state index contributed by atoms with van der Waals surface area (Å²) in [5.41, 5.74) is 3.03. The lowest BCUT2D eigenvalue weighted by atomic mass is 10.1. The highest BCUT2D eigenvalue weighted by Crippen LogP contribution is 2.24. The lowest BCUT2D eigenvalue weighted by Gasteiger charge is -2.16. The van der Waals surface area contributed by atoms with Crippen LogP contribution in [0.25, 0.3) is 0 Å². The number of nitrogens with one attached hydrogen (secondary N) is 2. The van der Waals surface area contributed by atoms with Crippen molar-refractivity contribution in [2.24, 2.45) is 4.99 Å². The minimum absolute atomic E-state index is 0.0943. The van der Waals surface area contributed by atoms with Gasteiger partial charge in [-0.25, -0.2) is 9.78 Å². The molecule has 1 aromatic heterocycles. The normalized spacial score (nSPS) is 12.4. The number of methoxy groups -OCH3 is 1. The zero-order chi connectivity index (χ0) is 22.1. The molecule has 1 heterocycles. The molecule has 0 bridgehead atoms. The molecular weight excluding hydrogens is 400 g/mol. The van der Waals surface area contributed by atoms with Gasteiger partial charge in [0, 0.05) is 13.1 Å². The Morgan fingerprint density at radius 2 is 2.07 bits per heavy atom. The third-order valence-electron chi connectivity index (χ3n) is 4.43. The summed E-state index contributed by atoms with van der Waals surface area (Å²) in [5, 5.41) is 7.46. The average Bonchev–Trinajstić information content (AvgIpc) is 3.10. The Balaban J connectivity index is 2.07. The molecular formula is C22H32N4O3S. The SMILES string of the molecule is CCNC(=NCCc1cc(C)ccc1OC)NC(C)c1nc(C)c(C(=O)OCC)s1. The molecule has 0 aliphatic carbocycles. The van der Waals surface area contributed by atoms with Gasteiger partial charge in [0.15, 0.2) is 5.96 Å². The number of ether oxygens (including phenoxy) is 2. The van der Waals surface area contributed by atoms with Crippen molar-refractivity contribution in [3.8, 4) is 5.75 Å². The predicted octanol–water partition coefficient (Wildman–Crippen LogP) is 3.80. The Labute approximate surface area is 182 Å². The second kappa shape index (κ2) is 11.5. The summed E-state index contributed by atoms with van der Waals surface area (Å²) in [6.45, 7) is 11.4. The molecule has 2 N–H and O–H groups in total. The molecule has 0 spiro atoms. The van der Waals surface area contributed by atoms with Gasteiger partial charge in [-0.2, -0.15) is 0 Å². The van der Waals surface area contributed by atoms with E-state index in [1.807, 2.05) is 32.9 Å². The molecule has 30 heavy (non-hydrogen) atoms. The van der Waals surface area contributed by atoms with Crippen LogP contribution in [0.2, 0.25) is 0 Å². The topological polar surface area (TPSA) is 84.8 Å². The van der Waals surface area contributed by atoms with Crippen LogP contribution >= 0.6 is 11.3 Å². The molecule has 0 saturated carbocycles. The number of hydrogen-bond donors (Lipinski definition) is 2. The van der Waals surface area contributed by atoms with Gasteiger partial charge in [-0.05, 0) is 52.7 Å². The van der Waals surface area contributed by atoms with Crippen LogP contribution in [-0.2, 0) is 11.2 Å². The number of carbonyl (C=O) groups excluding carboxylic acids is 1. The Bertz CT molecular complexity index is 879. The molecule has 1 aromatic carbocycles. The van der Waals surface area contributed by atoms with Gasteiger partial charge in [-0.3, -0.25) is 4.99 Å². The van der Waals surface area contributed by atoms with Gasteiger partial charge >= 0.3 is 5.97 Å². The highest BCUT2D eigenvalue weighted by molar-refractivity contribution is 7.13. The summed E-state index contributed by atoms with van der Waals surface area (Å²) in [5.74, 6) is 1.27. The van der Waals surface area contributed by atoms with Crippen LogP contribution in [0.1, 0.15) is 58.3 Å². The lowest BCUT2D eigenvalue weighted by molar-refractivity contribution is 0.0531. The number of aliphatic imine (C=N–C) groups is 1. The Morgan fingerprint density at radius 1 is 1.30 bits per heavy atom. The van der Waals surface area contributed by atoms with Crippen molar-refractivity contribution in [2.45, 2.75) is 47.1 Å². The maximum absolute atomic E-state index is 12.1. The maximum Gasteiger partial charge on any atom is 0.350 e. The molecule has 164 valence electrons. The van der Waals surface area contributed by atoms with Crippen molar-refractivity contribution < 1.29 is 14.3 Å². The number of hydrogen-bond acceptors (Lipinski definition) is 6. The number of thiazole rings is 1. The van der Waals surface area contributed by atoms with Crippen molar-refractivity contribution in [1.29, 1.82) is 0 Å². The first-order valence-corrected chi connectivity index (χ1v) is 11.0. The van der Waals surface area contributed by atoms with E-state index in [-0.39, 0.29) is 12.0 Å². The fourth-order valence-electron chi connectivity index (χ4n) is 2.97. The van der Waals surface area contributed by atoms with Crippen LogP contribution < -0.4 is 15.4 Å². The number of carbonyl (C=O) groups is 1. The first kappa shape index (κ1) is 23.7. The third-order valence-corrected chi connectivity index (χ3v) is 5.75. The van der Waals surface area contributed by atoms with E-state index < -0.39 is 0 Å². The zero-order valence-corrected chi connectivity index (χ0v) is 19.5. The van der Waals surface area contributed by atoms with Crippen LogP contribution in [0.3, 0.4) is 0 Å². The van der Waals surface area contributed by atoms with Crippen LogP contribution in [0.15, 0.2) is 23.2 Å². The fraction of sp³-hybridized carbons (Fsp3) is 0.500. The van der Waals surface area contributed by atoms with Gasteiger partial charge in [0.2, 0.25) is 0 Å². The van der Waals surface area contributed by atoms with Gasteiger partial charge < -0.3 is 20.1 Å². The Kier molecular flexibility index (Phi) is 9.11. The van der Waals surface area contributed by atoms with Gasteiger partial charge in [-0.15, -0.1) is 11.3 Å². The molecule has 2 aromatic rings. The number of nitrogens with zero attached hydrogens (tertiary/aromatic N) is 2. The van der Waals surface area contributed by atoms with E-state index in [4.69, 9.17) is 14.5 Å². The first-order valence-electron chi connectivity index (χ1n) is 10.2. The number of aryl methyl sites for hydroxylation is 2. The van der Waals surface area contributed by atoms with E-state index in [1.165, 1.54) is 16.9 Å². The van der Waals surface area contributed by atoms with Gasteiger partial charge in [0.1, 0.15) is 15.6 Å². The number of benzene rings is 1. The average molecular weight is 433 g/mol. The smallest absolute Gasteiger partial charge is 0.350 e. The molecule has 0 radical (unpaired) electrons. The van der Waals surface area contributed by atoms with Crippen LogP contribution in [0.5, 0.6) is 5.75 Å². The molecule has 0 aliphatic heterocycles. The zero-order valence-electron chi connectivity index (χ0n) is 18.7. The number of esters is 1. The van der Waals surface area contributed by atoms with Crippen molar-refractivity contribution in [1.82, 2.24) is 15.6 Å².